The summed E-state index contributed by atoms with van der Waals surface area (Å²) in [6.45, 7) is 3.99. The zero-order valence-electron chi connectivity index (χ0n) is 8.29. The quantitative estimate of drug-likeness (QED) is 0.825. The normalized spacial score (nSPS) is 13.1. The lowest BCUT2D eigenvalue weighted by Gasteiger charge is -2.09. The van der Waals surface area contributed by atoms with Gasteiger partial charge in [0.2, 0.25) is 0 Å². The molecule has 4 heteroatoms. The van der Waals surface area contributed by atoms with Crippen LogP contribution < -0.4 is 5.32 Å². The average molecular weight is 262 g/mol. The minimum atomic E-state index is 0.257. The third-order valence-electron chi connectivity index (χ3n) is 2.09. The van der Waals surface area contributed by atoms with E-state index in [9.17, 15) is 0 Å². The molecule has 0 saturated heterocycles. The van der Waals surface area contributed by atoms with E-state index in [2.05, 4.69) is 28.2 Å². The predicted octanol–water partition coefficient (Wildman–Crippen LogP) is 2.15. The molecular formula is C10H16BrNO2. The number of rotatable bonds is 6. The van der Waals surface area contributed by atoms with Crippen LogP contribution in [0.2, 0.25) is 0 Å². The van der Waals surface area contributed by atoms with Gasteiger partial charge in [-0.15, -0.1) is 0 Å². The Morgan fingerprint density at radius 2 is 2.43 bits per heavy atom. The smallest absolute Gasteiger partial charge is 0.131 e. The fourth-order valence-electron chi connectivity index (χ4n) is 1.21. The lowest BCUT2D eigenvalue weighted by Crippen LogP contribution is -2.21. The van der Waals surface area contributed by atoms with Crippen LogP contribution in [0.1, 0.15) is 19.1 Å². The number of hydrogen-bond donors (Lipinski definition) is 2. The minimum Gasteiger partial charge on any atom is -0.467 e. The highest BCUT2D eigenvalue weighted by Gasteiger charge is 2.04. The summed E-state index contributed by atoms with van der Waals surface area (Å²) in [6.07, 6.45) is 2.50. The van der Waals surface area contributed by atoms with Gasteiger partial charge in [0.1, 0.15) is 5.76 Å². The Morgan fingerprint density at radius 1 is 1.64 bits per heavy atom. The molecule has 0 aliphatic heterocycles. The highest BCUT2D eigenvalue weighted by molar-refractivity contribution is 9.10. The van der Waals surface area contributed by atoms with E-state index in [4.69, 9.17) is 9.52 Å². The van der Waals surface area contributed by atoms with E-state index in [1.165, 1.54) is 0 Å². The number of halogens is 1. The average Bonchev–Trinajstić information content (AvgIpc) is 2.52. The molecule has 1 heterocycles. The van der Waals surface area contributed by atoms with Crippen molar-refractivity contribution < 1.29 is 9.52 Å². The Balaban J connectivity index is 2.19. The largest absolute Gasteiger partial charge is 0.467 e. The summed E-state index contributed by atoms with van der Waals surface area (Å²) in [7, 11) is 0. The van der Waals surface area contributed by atoms with Crippen molar-refractivity contribution in [3.63, 3.8) is 0 Å². The van der Waals surface area contributed by atoms with Gasteiger partial charge in [-0.3, -0.25) is 0 Å². The van der Waals surface area contributed by atoms with Gasteiger partial charge in [0.25, 0.3) is 0 Å². The van der Waals surface area contributed by atoms with Crippen LogP contribution in [0.4, 0.5) is 0 Å². The van der Waals surface area contributed by atoms with E-state index in [1.54, 1.807) is 6.26 Å². The number of hydrogen-bond acceptors (Lipinski definition) is 3. The molecule has 2 N–H and O–H groups in total. The molecule has 1 unspecified atom stereocenters. The van der Waals surface area contributed by atoms with E-state index in [0.29, 0.717) is 5.92 Å². The minimum absolute atomic E-state index is 0.257. The van der Waals surface area contributed by atoms with Crippen LogP contribution in [-0.2, 0) is 6.54 Å². The van der Waals surface area contributed by atoms with Crippen LogP contribution in [0.15, 0.2) is 21.2 Å². The van der Waals surface area contributed by atoms with E-state index in [0.717, 1.165) is 29.7 Å². The Labute approximate surface area is 92.6 Å². The first-order valence-electron chi connectivity index (χ1n) is 4.77. The maximum absolute atomic E-state index is 8.71. The molecule has 1 atom stereocenters. The first-order valence-corrected chi connectivity index (χ1v) is 5.56. The monoisotopic (exact) mass is 261 g/mol. The highest BCUT2D eigenvalue weighted by atomic mass is 79.9. The molecule has 0 radical (unpaired) electrons. The van der Waals surface area contributed by atoms with E-state index in [1.807, 2.05) is 6.07 Å². The van der Waals surface area contributed by atoms with Gasteiger partial charge in [-0.1, -0.05) is 6.92 Å². The molecule has 0 fully saturated rings. The molecule has 0 aliphatic rings. The second-order valence-corrected chi connectivity index (χ2v) is 4.29. The lowest BCUT2D eigenvalue weighted by atomic mass is 10.1. The predicted molar refractivity (Wildman–Crippen MR) is 59.0 cm³/mol. The number of aliphatic hydroxyl groups is 1. The maximum Gasteiger partial charge on any atom is 0.131 e. The summed E-state index contributed by atoms with van der Waals surface area (Å²) in [5, 5.41) is 12.0. The fourth-order valence-corrected chi connectivity index (χ4v) is 1.55. The van der Waals surface area contributed by atoms with Crippen LogP contribution in [0.3, 0.4) is 0 Å². The second-order valence-electron chi connectivity index (χ2n) is 3.44. The first kappa shape index (κ1) is 11.8. The van der Waals surface area contributed by atoms with Gasteiger partial charge in [-0.25, -0.2) is 0 Å². The number of aliphatic hydroxyl groups excluding tert-OH is 1. The van der Waals surface area contributed by atoms with Gasteiger partial charge in [0, 0.05) is 6.61 Å². The van der Waals surface area contributed by atoms with E-state index in [-0.39, 0.29) is 6.61 Å². The van der Waals surface area contributed by atoms with Crippen LogP contribution in [-0.4, -0.2) is 18.3 Å². The molecule has 0 saturated carbocycles. The van der Waals surface area contributed by atoms with Gasteiger partial charge >= 0.3 is 0 Å². The molecule has 0 aliphatic carbocycles. The lowest BCUT2D eigenvalue weighted by molar-refractivity contribution is 0.259. The van der Waals surface area contributed by atoms with Crippen LogP contribution in [0.5, 0.6) is 0 Å². The summed E-state index contributed by atoms with van der Waals surface area (Å²) in [5.41, 5.74) is 0. The van der Waals surface area contributed by atoms with Gasteiger partial charge in [-0.05, 0) is 40.9 Å². The summed E-state index contributed by atoms with van der Waals surface area (Å²) < 4.78 is 6.25. The molecule has 14 heavy (non-hydrogen) atoms. The summed E-state index contributed by atoms with van der Waals surface area (Å²) >= 11 is 3.39. The SMILES string of the molecule is CC(CCO)CNCc1occc1Br. The molecular weight excluding hydrogens is 246 g/mol. The molecule has 1 rings (SSSR count). The number of furan rings is 1. The van der Waals surface area contributed by atoms with Crippen molar-refractivity contribution in [2.45, 2.75) is 19.9 Å². The molecule has 0 spiro atoms. The van der Waals surface area contributed by atoms with E-state index < -0.39 is 0 Å². The van der Waals surface area contributed by atoms with Gasteiger partial charge in [-0.2, -0.15) is 0 Å². The third-order valence-corrected chi connectivity index (χ3v) is 2.80. The van der Waals surface area contributed by atoms with Crippen molar-refractivity contribution >= 4 is 15.9 Å². The Bertz CT molecular complexity index is 262. The maximum atomic E-state index is 8.71. The number of nitrogens with one attached hydrogen (secondary N) is 1. The van der Waals surface area contributed by atoms with Crippen molar-refractivity contribution in [1.82, 2.24) is 5.32 Å². The topological polar surface area (TPSA) is 45.4 Å². The fraction of sp³-hybridized carbons (Fsp3) is 0.600. The summed E-state index contributed by atoms with van der Waals surface area (Å²) in [4.78, 5) is 0. The standard InChI is InChI=1S/C10H16BrNO2/c1-8(2-4-13)6-12-7-10-9(11)3-5-14-10/h3,5,8,12-13H,2,4,6-7H2,1H3. The van der Waals surface area contributed by atoms with Gasteiger partial charge in [0.15, 0.2) is 0 Å². The van der Waals surface area contributed by atoms with Crippen LogP contribution in [0, 0.1) is 5.92 Å². The molecule has 0 amide bonds. The summed E-state index contributed by atoms with van der Waals surface area (Å²) in [5.74, 6) is 1.41. The molecule has 3 nitrogen and oxygen atoms in total. The summed E-state index contributed by atoms with van der Waals surface area (Å²) in [6, 6.07) is 1.88. The Hall–Kier alpha value is -0.320. The molecule has 0 bridgehead atoms. The second kappa shape index (κ2) is 6.22. The van der Waals surface area contributed by atoms with Gasteiger partial charge in [0.05, 0.1) is 17.3 Å². The van der Waals surface area contributed by atoms with Gasteiger partial charge < -0.3 is 14.8 Å². The Kier molecular flexibility index (Phi) is 5.22. The molecule has 80 valence electrons. The highest BCUT2D eigenvalue weighted by Crippen LogP contribution is 2.16. The van der Waals surface area contributed by atoms with Crippen LogP contribution >= 0.6 is 15.9 Å². The first-order chi connectivity index (χ1) is 6.74. The van der Waals surface area contributed by atoms with Crippen molar-refractivity contribution in [1.29, 1.82) is 0 Å². The van der Waals surface area contributed by atoms with E-state index >= 15 is 0 Å². The zero-order chi connectivity index (χ0) is 10.4. The molecule has 1 aromatic rings. The Morgan fingerprint density at radius 3 is 3.00 bits per heavy atom. The molecule has 0 aromatic carbocycles. The molecule has 1 aromatic heterocycles. The van der Waals surface area contributed by atoms with Crippen LogP contribution in [0.25, 0.3) is 0 Å². The van der Waals surface area contributed by atoms with Crippen molar-refractivity contribution in [2.75, 3.05) is 13.2 Å². The zero-order valence-corrected chi connectivity index (χ0v) is 9.88. The van der Waals surface area contributed by atoms with Crippen molar-refractivity contribution in [2.24, 2.45) is 5.92 Å². The van der Waals surface area contributed by atoms with Crippen molar-refractivity contribution in [3.8, 4) is 0 Å². The van der Waals surface area contributed by atoms with Crippen molar-refractivity contribution in [3.05, 3.63) is 22.6 Å². The third kappa shape index (κ3) is 3.82.